The Balaban J connectivity index is 1.91. The second kappa shape index (κ2) is 5.02. The van der Waals surface area contributed by atoms with Gasteiger partial charge in [0.25, 0.3) is 0 Å². The van der Waals surface area contributed by atoms with Crippen molar-refractivity contribution in [1.29, 1.82) is 0 Å². The third-order valence-electron chi connectivity index (χ3n) is 2.94. The van der Waals surface area contributed by atoms with Crippen molar-refractivity contribution >= 4 is 0 Å². The molecule has 0 radical (unpaired) electrons. The molecule has 0 amide bonds. The predicted molar refractivity (Wildman–Crippen MR) is 71.0 cm³/mol. The van der Waals surface area contributed by atoms with Crippen molar-refractivity contribution in [2.24, 2.45) is 0 Å². The van der Waals surface area contributed by atoms with Crippen molar-refractivity contribution in [3.05, 3.63) is 72.4 Å². The summed E-state index contributed by atoms with van der Waals surface area (Å²) < 4.78 is 14.8. The summed E-state index contributed by atoms with van der Waals surface area (Å²) in [4.78, 5) is 4.01. The maximum atomic E-state index is 12.9. The largest absolute Gasteiger partial charge is 0.265 e. The summed E-state index contributed by atoms with van der Waals surface area (Å²) in [6, 6.07) is 12.3. The first-order valence-electron chi connectivity index (χ1n) is 5.99. The first-order chi connectivity index (χ1) is 9.33. The lowest BCUT2D eigenvalue weighted by Gasteiger charge is -2.07. The van der Waals surface area contributed by atoms with E-state index in [-0.39, 0.29) is 5.82 Å². The highest BCUT2D eigenvalue weighted by Crippen LogP contribution is 2.18. The Kier molecular flexibility index (Phi) is 3.06. The topological polar surface area (TPSA) is 30.7 Å². The van der Waals surface area contributed by atoms with Gasteiger partial charge in [0.1, 0.15) is 5.82 Å². The van der Waals surface area contributed by atoms with Gasteiger partial charge in [-0.15, -0.1) is 0 Å². The van der Waals surface area contributed by atoms with Crippen LogP contribution < -0.4 is 0 Å². The Morgan fingerprint density at radius 3 is 2.37 bits per heavy atom. The molecule has 3 aromatic rings. The molecule has 4 heteroatoms. The molecule has 94 valence electrons. The van der Waals surface area contributed by atoms with Crippen LogP contribution in [0.25, 0.3) is 11.3 Å². The molecular weight excluding hydrogens is 241 g/mol. The fraction of sp³-hybridized carbons (Fsp3) is 0.0667. The van der Waals surface area contributed by atoms with Crippen LogP contribution in [-0.4, -0.2) is 14.8 Å². The van der Waals surface area contributed by atoms with Gasteiger partial charge >= 0.3 is 0 Å². The van der Waals surface area contributed by atoms with Crippen molar-refractivity contribution in [3.63, 3.8) is 0 Å². The number of rotatable bonds is 3. The fourth-order valence-corrected chi connectivity index (χ4v) is 1.99. The van der Waals surface area contributed by atoms with Gasteiger partial charge in [-0.25, -0.2) is 4.39 Å². The molecule has 2 aromatic heterocycles. The average Bonchev–Trinajstić information content (AvgIpc) is 2.90. The molecule has 1 aromatic carbocycles. The van der Waals surface area contributed by atoms with E-state index in [1.807, 2.05) is 22.9 Å². The summed E-state index contributed by atoms with van der Waals surface area (Å²) in [6.07, 6.45) is 5.27. The van der Waals surface area contributed by atoms with E-state index in [9.17, 15) is 4.39 Å². The average molecular weight is 253 g/mol. The molecular formula is C15H12FN3. The molecule has 0 saturated carbocycles. The van der Waals surface area contributed by atoms with Gasteiger partial charge in [-0.3, -0.25) is 9.67 Å². The third kappa shape index (κ3) is 2.52. The van der Waals surface area contributed by atoms with Gasteiger partial charge in [0.05, 0.1) is 12.2 Å². The van der Waals surface area contributed by atoms with E-state index in [1.165, 1.54) is 12.1 Å². The van der Waals surface area contributed by atoms with Crippen LogP contribution >= 0.6 is 0 Å². The zero-order valence-electron chi connectivity index (χ0n) is 10.2. The van der Waals surface area contributed by atoms with Gasteiger partial charge in [0.15, 0.2) is 0 Å². The Morgan fingerprint density at radius 1 is 0.895 bits per heavy atom. The summed E-state index contributed by atoms with van der Waals surface area (Å²) in [5, 5.41) is 4.31. The summed E-state index contributed by atoms with van der Waals surface area (Å²) >= 11 is 0. The van der Waals surface area contributed by atoms with Gasteiger partial charge in [-0.1, -0.05) is 12.1 Å². The maximum Gasteiger partial charge on any atom is 0.123 e. The molecule has 0 fully saturated rings. The van der Waals surface area contributed by atoms with Crippen LogP contribution in [0.4, 0.5) is 4.39 Å². The highest BCUT2D eigenvalue weighted by atomic mass is 19.1. The lowest BCUT2D eigenvalue weighted by atomic mass is 10.2. The first kappa shape index (κ1) is 11.6. The molecule has 0 aliphatic heterocycles. The van der Waals surface area contributed by atoms with Crippen molar-refractivity contribution < 1.29 is 4.39 Å². The van der Waals surface area contributed by atoms with Gasteiger partial charge in [-0.2, -0.15) is 5.10 Å². The zero-order valence-corrected chi connectivity index (χ0v) is 10.2. The predicted octanol–water partition coefficient (Wildman–Crippen LogP) is 3.13. The normalized spacial score (nSPS) is 10.6. The van der Waals surface area contributed by atoms with E-state index < -0.39 is 0 Å². The minimum atomic E-state index is -0.224. The van der Waals surface area contributed by atoms with E-state index in [4.69, 9.17) is 0 Å². The molecule has 2 heterocycles. The number of benzene rings is 1. The summed E-state index contributed by atoms with van der Waals surface area (Å²) in [5.41, 5.74) is 3.10. The monoisotopic (exact) mass is 253 g/mol. The minimum Gasteiger partial charge on any atom is -0.265 e. The SMILES string of the molecule is Fc1ccc(Cn2nccc2-c2ccncc2)cc1. The smallest absolute Gasteiger partial charge is 0.123 e. The van der Waals surface area contributed by atoms with E-state index in [0.29, 0.717) is 6.54 Å². The molecule has 0 spiro atoms. The molecule has 0 unspecified atom stereocenters. The van der Waals surface area contributed by atoms with E-state index >= 15 is 0 Å². The molecule has 0 atom stereocenters. The Labute approximate surface area is 110 Å². The molecule has 0 bridgehead atoms. The van der Waals surface area contributed by atoms with Crippen molar-refractivity contribution in [1.82, 2.24) is 14.8 Å². The first-order valence-corrected chi connectivity index (χ1v) is 5.99. The van der Waals surface area contributed by atoms with E-state index in [0.717, 1.165) is 16.8 Å². The molecule has 0 aliphatic carbocycles. The van der Waals surface area contributed by atoms with E-state index in [2.05, 4.69) is 10.1 Å². The van der Waals surface area contributed by atoms with Gasteiger partial charge in [0, 0.05) is 24.2 Å². The van der Waals surface area contributed by atoms with Crippen LogP contribution in [0.2, 0.25) is 0 Å². The zero-order chi connectivity index (χ0) is 13.1. The van der Waals surface area contributed by atoms with Crippen LogP contribution in [0.15, 0.2) is 61.1 Å². The van der Waals surface area contributed by atoms with Gasteiger partial charge < -0.3 is 0 Å². The van der Waals surface area contributed by atoms with Crippen molar-refractivity contribution in [2.45, 2.75) is 6.54 Å². The molecule has 0 N–H and O–H groups in total. The van der Waals surface area contributed by atoms with Gasteiger partial charge in [-0.05, 0) is 35.9 Å². The van der Waals surface area contributed by atoms with Gasteiger partial charge in [0.2, 0.25) is 0 Å². The maximum absolute atomic E-state index is 12.9. The highest BCUT2D eigenvalue weighted by molar-refractivity contribution is 5.58. The molecule has 0 aliphatic rings. The second-order valence-corrected chi connectivity index (χ2v) is 4.24. The number of hydrogen-bond donors (Lipinski definition) is 0. The molecule has 3 nitrogen and oxygen atoms in total. The quantitative estimate of drug-likeness (QED) is 0.718. The molecule has 3 rings (SSSR count). The standard InChI is InChI=1S/C15H12FN3/c16-14-3-1-12(2-4-14)11-19-15(7-10-18-19)13-5-8-17-9-6-13/h1-10H,11H2. The van der Waals surface area contributed by atoms with Crippen LogP contribution in [0.3, 0.4) is 0 Å². The Bertz CT molecular complexity index is 659. The third-order valence-corrected chi connectivity index (χ3v) is 2.94. The van der Waals surface area contributed by atoms with E-state index in [1.54, 1.807) is 30.7 Å². The van der Waals surface area contributed by atoms with Crippen LogP contribution in [0.1, 0.15) is 5.56 Å². The van der Waals surface area contributed by atoms with Crippen LogP contribution in [-0.2, 0) is 6.54 Å². The number of halogens is 1. The summed E-state index contributed by atoms with van der Waals surface area (Å²) in [5.74, 6) is -0.224. The Morgan fingerprint density at radius 2 is 1.63 bits per heavy atom. The fourth-order valence-electron chi connectivity index (χ4n) is 1.99. The second-order valence-electron chi connectivity index (χ2n) is 4.24. The lowest BCUT2D eigenvalue weighted by molar-refractivity contribution is 0.624. The van der Waals surface area contributed by atoms with Crippen molar-refractivity contribution in [2.75, 3.05) is 0 Å². The summed E-state index contributed by atoms with van der Waals surface area (Å²) in [7, 11) is 0. The number of pyridine rings is 1. The highest BCUT2D eigenvalue weighted by Gasteiger charge is 2.05. The van der Waals surface area contributed by atoms with Crippen LogP contribution in [0, 0.1) is 5.82 Å². The number of hydrogen-bond acceptors (Lipinski definition) is 2. The summed E-state index contributed by atoms with van der Waals surface area (Å²) in [6.45, 7) is 0.616. The molecule has 19 heavy (non-hydrogen) atoms. The number of nitrogens with zero attached hydrogens (tertiary/aromatic N) is 3. The molecule has 0 saturated heterocycles. The Hall–Kier alpha value is -2.49. The number of aromatic nitrogens is 3. The lowest BCUT2D eigenvalue weighted by Crippen LogP contribution is -2.03. The van der Waals surface area contributed by atoms with Crippen molar-refractivity contribution in [3.8, 4) is 11.3 Å². The minimum absolute atomic E-state index is 0.224. The van der Waals surface area contributed by atoms with Crippen LogP contribution in [0.5, 0.6) is 0 Å².